The molecule has 0 bridgehead atoms. The lowest BCUT2D eigenvalue weighted by Gasteiger charge is -2.08. The predicted octanol–water partition coefficient (Wildman–Crippen LogP) is 3.22. The Hall–Kier alpha value is -2.55. The molecule has 1 aromatic heterocycles. The van der Waals surface area contributed by atoms with Crippen LogP contribution in [0.4, 0.5) is 0 Å². The SMILES string of the molecule is Cc1cc(C(=O)COC(=O)CNS(=O)(=O)c2ccc3ccccc3c2)c(C)s1. The fourth-order valence-electron chi connectivity index (χ4n) is 2.75. The summed E-state index contributed by atoms with van der Waals surface area (Å²) in [6, 6.07) is 13.8. The van der Waals surface area contributed by atoms with E-state index in [4.69, 9.17) is 4.74 Å². The van der Waals surface area contributed by atoms with Crippen molar-refractivity contribution in [1.29, 1.82) is 0 Å². The summed E-state index contributed by atoms with van der Waals surface area (Å²) in [4.78, 5) is 25.9. The minimum Gasteiger partial charge on any atom is -0.456 e. The van der Waals surface area contributed by atoms with Crippen molar-refractivity contribution in [2.45, 2.75) is 18.7 Å². The molecule has 3 aromatic rings. The van der Waals surface area contributed by atoms with Crippen molar-refractivity contribution in [1.82, 2.24) is 4.72 Å². The fraction of sp³-hybridized carbons (Fsp3) is 0.200. The lowest BCUT2D eigenvalue weighted by atomic mass is 10.1. The summed E-state index contributed by atoms with van der Waals surface area (Å²) in [5.74, 6) is -1.13. The molecular formula is C20H19NO5S2. The summed E-state index contributed by atoms with van der Waals surface area (Å²) in [7, 11) is -3.88. The summed E-state index contributed by atoms with van der Waals surface area (Å²) >= 11 is 1.49. The Kier molecular flexibility index (Phi) is 5.93. The van der Waals surface area contributed by atoms with Crippen molar-refractivity contribution in [3.63, 3.8) is 0 Å². The van der Waals surface area contributed by atoms with Gasteiger partial charge in [0, 0.05) is 15.3 Å². The van der Waals surface area contributed by atoms with Gasteiger partial charge in [0.1, 0.15) is 6.54 Å². The Morgan fingerprint density at radius 2 is 1.75 bits per heavy atom. The van der Waals surface area contributed by atoms with E-state index in [2.05, 4.69) is 4.72 Å². The van der Waals surface area contributed by atoms with Crippen LogP contribution >= 0.6 is 11.3 Å². The third kappa shape index (κ3) is 4.64. The van der Waals surface area contributed by atoms with Gasteiger partial charge in [-0.1, -0.05) is 30.3 Å². The molecular weight excluding hydrogens is 398 g/mol. The number of hydrogen-bond donors (Lipinski definition) is 1. The number of nitrogens with one attached hydrogen (secondary N) is 1. The standard InChI is InChI=1S/C20H19NO5S2/c1-13-9-18(14(2)27-13)19(22)12-26-20(23)11-21-28(24,25)17-8-7-15-5-3-4-6-16(15)10-17/h3-10,21H,11-12H2,1-2H3. The molecule has 1 N–H and O–H groups in total. The number of Topliss-reactive ketones (excluding diaryl/α,β-unsaturated/α-hetero) is 1. The molecule has 146 valence electrons. The second-order valence-electron chi connectivity index (χ2n) is 6.24. The molecule has 0 radical (unpaired) electrons. The molecule has 0 spiro atoms. The van der Waals surface area contributed by atoms with E-state index in [0.29, 0.717) is 5.56 Å². The molecule has 0 aliphatic rings. The first-order chi connectivity index (χ1) is 13.3. The van der Waals surface area contributed by atoms with Crippen molar-refractivity contribution in [2.75, 3.05) is 13.2 Å². The number of sulfonamides is 1. The highest BCUT2D eigenvalue weighted by molar-refractivity contribution is 7.89. The zero-order valence-corrected chi connectivity index (χ0v) is 17.0. The van der Waals surface area contributed by atoms with Gasteiger partial charge in [-0.3, -0.25) is 9.59 Å². The van der Waals surface area contributed by atoms with Crippen molar-refractivity contribution in [2.24, 2.45) is 0 Å². The van der Waals surface area contributed by atoms with Gasteiger partial charge in [-0.05, 0) is 42.8 Å². The van der Waals surface area contributed by atoms with Gasteiger partial charge < -0.3 is 4.74 Å². The molecule has 28 heavy (non-hydrogen) atoms. The first kappa shape index (κ1) is 20.2. The Balaban J connectivity index is 1.58. The van der Waals surface area contributed by atoms with Crippen LogP contribution in [0.1, 0.15) is 20.1 Å². The number of carbonyl (C=O) groups excluding carboxylic acids is 2. The monoisotopic (exact) mass is 417 g/mol. The van der Waals surface area contributed by atoms with E-state index in [1.165, 1.54) is 23.5 Å². The second-order valence-corrected chi connectivity index (χ2v) is 9.47. The van der Waals surface area contributed by atoms with Gasteiger partial charge in [-0.25, -0.2) is 8.42 Å². The molecule has 0 unspecified atom stereocenters. The largest absolute Gasteiger partial charge is 0.456 e. The normalized spacial score (nSPS) is 11.5. The number of hydrogen-bond acceptors (Lipinski definition) is 6. The molecule has 0 saturated heterocycles. The van der Waals surface area contributed by atoms with Crippen LogP contribution in [-0.4, -0.2) is 33.3 Å². The van der Waals surface area contributed by atoms with Crippen LogP contribution < -0.4 is 4.72 Å². The third-order valence-corrected chi connectivity index (χ3v) is 6.51. The Bertz CT molecular complexity index is 1150. The highest BCUT2D eigenvalue weighted by Crippen LogP contribution is 2.21. The summed E-state index contributed by atoms with van der Waals surface area (Å²) in [5.41, 5.74) is 0.520. The van der Waals surface area contributed by atoms with Crippen LogP contribution in [0.3, 0.4) is 0 Å². The maximum Gasteiger partial charge on any atom is 0.321 e. The van der Waals surface area contributed by atoms with Crippen LogP contribution in [0, 0.1) is 13.8 Å². The zero-order chi connectivity index (χ0) is 20.3. The quantitative estimate of drug-likeness (QED) is 0.471. The number of carbonyl (C=O) groups is 2. The topological polar surface area (TPSA) is 89.5 Å². The minimum atomic E-state index is -3.88. The number of thiophene rings is 1. The maximum absolute atomic E-state index is 12.4. The number of ketones is 1. The molecule has 2 aromatic carbocycles. The number of aryl methyl sites for hydroxylation is 2. The summed E-state index contributed by atoms with van der Waals surface area (Å²) in [6.45, 7) is 2.74. The van der Waals surface area contributed by atoms with Gasteiger partial charge in [0.2, 0.25) is 15.8 Å². The van der Waals surface area contributed by atoms with Gasteiger partial charge in [-0.15, -0.1) is 11.3 Å². The highest BCUT2D eigenvalue weighted by Gasteiger charge is 2.18. The maximum atomic E-state index is 12.4. The van der Waals surface area contributed by atoms with Gasteiger partial charge >= 0.3 is 5.97 Å². The van der Waals surface area contributed by atoms with E-state index >= 15 is 0 Å². The average Bonchev–Trinajstić information content (AvgIpc) is 3.02. The second kappa shape index (κ2) is 8.22. The molecule has 0 aliphatic heterocycles. The van der Waals surface area contributed by atoms with Crippen LogP contribution in [-0.2, 0) is 19.6 Å². The molecule has 3 rings (SSSR count). The van der Waals surface area contributed by atoms with Crippen LogP contribution in [0.5, 0.6) is 0 Å². The molecule has 0 amide bonds. The summed E-state index contributed by atoms with van der Waals surface area (Å²) < 4.78 is 31.9. The first-order valence-electron chi connectivity index (χ1n) is 8.50. The fourth-order valence-corrected chi connectivity index (χ4v) is 4.70. The number of ether oxygens (including phenoxy) is 1. The molecule has 0 fully saturated rings. The number of rotatable bonds is 7. The van der Waals surface area contributed by atoms with Crippen LogP contribution in [0.15, 0.2) is 53.4 Å². The van der Waals surface area contributed by atoms with Gasteiger partial charge in [-0.2, -0.15) is 4.72 Å². The van der Waals surface area contributed by atoms with Crippen molar-refractivity contribution in [3.8, 4) is 0 Å². The molecule has 8 heteroatoms. The number of benzene rings is 2. The predicted molar refractivity (Wildman–Crippen MR) is 108 cm³/mol. The van der Waals surface area contributed by atoms with E-state index in [0.717, 1.165) is 20.5 Å². The molecule has 1 heterocycles. The summed E-state index contributed by atoms with van der Waals surface area (Å²) in [6.07, 6.45) is 0. The lowest BCUT2D eigenvalue weighted by Crippen LogP contribution is -2.31. The molecule has 0 aliphatic carbocycles. The van der Waals surface area contributed by atoms with E-state index in [1.54, 1.807) is 12.1 Å². The van der Waals surface area contributed by atoms with Crippen LogP contribution in [0.2, 0.25) is 0 Å². The van der Waals surface area contributed by atoms with E-state index in [1.807, 2.05) is 38.1 Å². The van der Waals surface area contributed by atoms with Gasteiger partial charge in [0.25, 0.3) is 0 Å². The number of fused-ring (bicyclic) bond motifs is 1. The molecule has 6 nitrogen and oxygen atoms in total. The average molecular weight is 418 g/mol. The van der Waals surface area contributed by atoms with Gasteiger partial charge in [0.05, 0.1) is 4.90 Å². The minimum absolute atomic E-state index is 0.0550. The van der Waals surface area contributed by atoms with E-state index < -0.39 is 29.1 Å². The van der Waals surface area contributed by atoms with Crippen molar-refractivity contribution >= 4 is 43.9 Å². The van der Waals surface area contributed by atoms with Crippen molar-refractivity contribution < 1.29 is 22.7 Å². The van der Waals surface area contributed by atoms with Crippen LogP contribution in [0.25, 0.3) is 10.8 Å². The third-order valence-electron chi connectivity index (χ3n) is 4.14. The van der Waals surface area contributed by atoms with E-state index in [9.17, 15) is 18.0 Å². The molecule has 0 atom stereocenters. The smallest absolute Gasteiger partial charge is 0.321 e. The molecule has 0 saturated carbocycles. The van der Waals surface area contributed by atoms with Gasteiger partial charge in [0.15, 0.2) is 6.61 Å². The highest BCUT2D eigenvalue weighted by atomic mass is 32.2. The van der Waals surface area contributed by atoms with E-state index in [-0.39, 0.29) is 10.7 Å². The lowest BCUT2D eigenvalue weighted by molar-refractivity contribution is -0.141. The zero-order valence-electron chi connectivity index (χ0n) is 15.4. The Morgan fingerprint density at radius 3 is 2.43 bits per heavy atom. The number of esters is 1. The Morgan fingerprint density at radius 1 is 1.04 bits per heavy atom. The first-order valence-corrected chi connectivity index (χ1v) is 10.8. The summed E-state index contributed by atoms with van der Waals surface area (Å²) in [5, 5.41) is 1.69. The van der Waals surface area contributed by atoms with Crippen molar-refractivity contribution in [3.05, 3.63) is 63.8 Å². The Labute approximate surface area is 167 Å².